The maximum Gasteiger partial charge on any atom is 0.241 e. The van der Waals surface area contributed by atoms with Crippen LogP contribution in [0.5, 0.6) is 0 Å². The molecule has 4 rings (SSSR count). The smallest absolute Gasteiger partial charge is 0.241 e. The number of rotatable bonds is 3. The van der Waals surface area contributed by atoms with Gasteiger partial charge in [0.05, 0.1) is 16.3 Å². The van der Waals surface area contributed by atoms with Crippen molar-refractivity contribution in [3.05, 3.63) is 48.5 Å². The van der Waals surface area contributed by atoms with Crippen LogP contribution >= 0.6 is 11.3 Å². The van der Waals surface area contributed by atoms with Gasteiger partial charge in [-0.1, -0.05) is 12.1 Å². The number of nitrogens with one attached hydrogen (secondary N) is 2. The summed E-state index contributed by atoms with van der Waals surface area (Å²) in [6.07, 6.45) is 1.98. The lowest BCUT2D eigenvalue weighted by Gasteiger charge is -2.11. The highest BCUT2D eigenvalue weighted by Gasteiger charge is 2.21. The zero-order valence-corrected chi connectivity index (χ0v) is 13.4. The standard InChI is InChI=1S/C18H17N3OS/c22-17(15-5-3-11-19-15)20-13-9-7-12(8-10-13)18-21-14-4-1-2-6-16(14)23-18/h1-2,4,6-10,15,19H,3,5,11H2,(H,20,22). The number of fused-ring (bicyclic) bond motifs is 1. The molecule has 1 aliphatic heterocycles. The van der Waals surface area contributed by atoms with E-state index in [0.717, 1.165) is 41.2 Å². The topological polar surface area (TPSA) is 54.0 Å². The number of hydrogen-bond acceptors (Lipinski definition) is 4. The zero-order chi connectivity index (χ0) is 15.6. The van der Waals surface area contributed by atoms with Crippen LogP contribution in [0.2, 0.25) is 0 Å². The van der Waals surface area contributed by atoms with Crippen molar-refractivity contribution in [3.8, 4) is 10.6 Å². The molecule has 4 nitrogen and oxygen atoms in total. The van der Waals surface area contributed by atoms with Gasteiger partial charge in [-0.2, -0.15) is 0 Å². The molecule has 1 unspecified atom stereocenters. The highest BCUT2D eigenvalue weighted by Crippen LogP contribution is 2.30. The van der Waals surface area contributed by atoms with Gasteiger partial charge in [-0.05, 0) is 55.8 Å². The lowest BCUT2D eigenvalue weighted by Crippen LogP contribution is -2.35. The second kappa shape index (κ2) is 6.10. The minimum atomic E-state index is -0.0565. The van der Waals surface area contributed by atoms with Crippen molar-refractivity contribution in [2.75, 3.05) is 11.9 Å². The van der Waals surface area contributed by atoms with Crippen LogP contribution in [0.25, 0.3) is 20.8 Å². The Kier molecular flexibility index (Phi) is 3.81. The van der Waals surface area contributed by atoms with Gasteiger partial charge in [0.1, 0.15) is 5.01 Å². The van der Waals surface area contributed by atoms with Gasteiger partial charge in [0.25, 0.3) is 0 Å². The highest BCUT2D eigenvalue weighted by atomic mass is 32.1. The molecule has 2 N–H and O–H groups in total. The third-order valence-electron chi connectivity index (χ3n) is 4.07. The summed E-state index contributed by atoms with van der Waals surface area (Å²) in [4.78, 5) is 16.8. The third-order valence-corrected chi connectivity index (χ3v) is 5.16. The first kappa shape index (κ1) is 14.4. The summed E-state index contributed by atoms with van der Waals surface area (Å²) in [5.41, 5.74) is 2.92. The minimum Gasteiger partial charge on any atom is -0.325 e. The fourth-order valence-corrected chi connectivity index (χ4v) is 3.80. The lowest BCUT2D eigenvalue weighted by atomic mass is 10.2. The Morgan fingerprint density at radius 2 is 2.00 bits per heavy atom. The van der Waals surface area contributed by atoms with E-state index in [9.17, 15) is 4.79 Å². The van der Waals surface area contributed by atoms with Crippen molar-refractivity contribution in [1.29, 1.82) is 0 Å². The van der Waals surface area contributed by atoms with Crippen LogP contribution in [0.15, 0.2) is 48.5 Å². The Morgan fingerprint density at radius 3 is 2.74 bits per heavy atom. The summed E-state index contributed by atoms with van der Waals surface area (Å²) in [5, 5.41) is 7.18. The van der Waals surface area contributed by atoms with E-state index < -0.39 is 0 Å². The van der Waals surface area contributed by atoms with Gasteiger partial charge < -0.3 is 10.6 Å². The molecule has 3 aromatic rings. The summed E-state index contributed by atoms with van der Waals surface area (Å²) < 4.78 is 1.19. The van der Waals surface area contributed by atoms with Crippen LogP contribution in [0.4, 0.5) is 5.69 Å². The van der Waals surface area contributed by atoms with Crippen molar-refractivity contribution in [3.63, 3.8) is 0 Å². The van der Waals surface area contributed by atoms with Crippen molar-refractivity contribution >= 4 is 33.1 Å². The zero-order valence-electron chi connectivity index (χ0n) is 12.6. The lowest BCUT2D eigenvalue weighted by molar-refractivity contribution is -0.117. The molecular weight excluding hydrogens is 306 g/mol. The Labute approximate surface area is 138 Å². The van der Waals surface area contributed by atoms with Gasteiger partial charge in [0.2, 0.25) is 5.91 Å². The Hall–Kier alpha value is -2.24. The Morgan fingerprint density at radius 1 is 1.17 bits per heavy atom. The molecule has 0 aliphatic carbocycles. The quantitative estimate of drug-likeness (QED) is 0.773. The number of benzene rings is 2. The molecular formula is C18H17N3OS. The van der Waals surface area contributed by atoms with Crippen LogP contribution in [0.1, 0.15) is 12.8 Å². The maximum atomic E-state index is 12.1. The minimum absolute atomic E-state index is 0.0511. The molecule has 2 aromatic carbocycles. The fourth-order valence-electron chi connectivity index (χ4n) is 2.83. The molecule has 1 aromatic heterocycles. The van der Waals surface area contributed by atoms with Gasteiger partial charge in [-0.3, -0.25) is 4.79 Å². The first-order valence-corrected chi connectivity index (χ1v) is 8.61. The molecule has 1 saturated heterocycles. The molecule has 1 aliphatic rings. The van der Waals surface area contributed by atoms with Crippen LogP contribution in [-0.4, -0.2) is 23.5 Å². The van der Waals surface area contributed by atoms with Crippen molar-refractivity contribution < 1.29 is 4.79 Å². The van der Waals surface area contributed by atoms with E-state index in [1.807, 2.05) is 42.5 Å². The second-order valence-electron chi connectivity index (χ2n) is 5.70. The first-order valence-electron chi connectivity index (χ1n) is 7.80. The van der Waals surface area contributed by atoms with Crippen LogP contribution < -0.4 is 10.6 Å². The average Bonchev–Trinajstić information content (AvgIpc) is 3.25. The van der Waals surface area contributed by atoms with Crippen molar-refractivity contribution in [2.24, 2.45) is 0 Å². The first-order chi connectivity index (χ1) is 11.3. The van der Waals surface area contributed by atoms with Gasteiger partial charge in [-0.15, -0.1) is 11.3 Å². The summed E-state index contributed by atoms with van der Waals surface area (Å²) in [5.74, 6) is 0.0511. The number of thiazole rings is 1. The molecule has 0 spiro atoms. The van der Waals surface area contributed by atoms with E-state index in [-0.39, 0.29) is 11.9 Å². The molecule has 1 amide bonds. The number of amides is 1. The van der Waals surface area contributed by atoms with E-state index in [2.05, 4.69) is 21.7 Å². The van der Waals surface area contributed by atoms with E-state index >= 15 is 0 Å². The predicted molar refractivity (Wildman–Crippen MR) is 94.7 cm³/mol. The van der Waals surface area contributed by atoms with Crippen molar-refractivity contribution in [1.82, 2.24) is 10.3 Å². The molecule has 1 atom stereocenters. The molecule has 1 fully saturated rings. The number of hydrogen-bond donors (Lipinski definition) is 2. The van der Waals surface area contributed by atoms with Crippen LogP contribution in [-0.2, 0) is 4.79 Å². The fraction of sp³-hybridized carbons (Fsp3) is 0.222. The number of nitrogens with zero attached hydrogens (tertiary/aromatic N) is 1. The van der Waals surface area contributed by atoms with Gasteiger partial charge in [0.15, 0.2) is 0 Å². The molecule has 5 heteroatoms. The van der Waals surface area contributed by atoms with Crippen LogP contribution in [0.3, 0.4) is 0 Å². The van der Waals surface area contributed by atoms with Crippen molar-refractivity contribution in [2.45, 2.75) is 18.9 Å². The predicted octanol–water partition coefficient (Wildman–Crippen LogP) is 3.65. The molecule has 2 heterocycles. The number of para-hydroxylation sites is 1. The maximum absolute atomic E-state index is 12.1. The summed E-state index contributed by atoms with van der Waals surface area (Å²) in [6, 6.07) is 16.0. The summed E-state index contributed by atoms with van der Waals surface area (Å²) in [7, 11) is 0. The summed E-state index contributed by atoms with van der Waals surface area (Å²) >= 11 is 1.68. The average molecular weight is 323 g/mol. The van der Waals surface area contributed by atoms with E-state index in [1.165, 1.54) is 4.70 Å². The van der Waals surface area contributed by atoms with Gasteiger partial charge in [-0.25, -0.2) is 4.98 Å². The van der Waals surface area contributed by atoms with E-state index in [1.54, 1.807) is 11.3 Å². The largest absolute Gasteiger partial charge is 0.325 e. The Bertz CT molecular complexity index is 802. The second-order valence-corrected chi connectivity index (χ2v) is 6.73. The number of carbonyl (C=O) groups excluding carboxylic acids is 1. The SMILES string of the molecule is O=C(Nc1ccc(-c2nc3ccccc3s2)cc1)C1CCCN1. The van der Waals surface area contributed by atoms with Gasteiger partial charge >= 0.3 is 0 Å². The third kappa shape index (κ3) is 2.98. The molecule has 0 radical (unpaired) electrons. The summed E-state index contributed by atoms with van der Waals surface area (Å²) in [6.45, 7) is 0.925. The molecule has 116 valence electrons. The van der Waals surface area contributed by atoms with Gasteiger partial charge in [0, 0.05) is 11.3 Å². The molecule has 0 saturated carbocycles. The monoisotopic (exact) mass is 323 g/mol. The Balaban J connectivity index is 1.52. The van der Waals surface area contributed by atoms with E-state index in [0.29, 0.717) is 0 Å². The number of carbonyl (C=O) groups is 1. The van der Waals surface area contributed by atoms with E-state index in [4.69, 9.17) is 0 Å². The molecule has 23 heavy (non-hydrogen) atoms. The van der Waals surface area contributed by atoms with Crippen LogP contribution in [0, 0.1) is 0 Å². The highest BCUT2D eigenvalue weighted by molar-refractivity contribution is 7.21. The normalized spacial score (nSPS) is 17.5. The molecule has 0 bridgehead atoms. The number of aromatic nitrogens is 1. The number of anilines is 1.